The molecule has 1 rings (SSSR count). The van der Waals surface area contributed by atoms with E-state index in [0.29, 0.717) is 12.6 Å². The van der Waals surface area contributed by atoms with Crippen molar-refractivity contribution in [2.45, 2.75) is 39.3 Å². The smallest absolute Gasteiger partial charge is 0.223 e. The number of hydrogen-bond donors (Lipinski definition) is 0. The van der Waals surface area contributed by atoms with Crippen LogP contribution in [0.2, 0.25) is 0 Å². The van der Waals surface area contributed by atoms with E-state index < -0.39 is 0 Å². The predicted octanol–water partition coefficient (Wildman–Crippen LogP) is 1.30. The molecule has 0 bridgehead atoms. The zero-order valence-electron chi connectivity index (χ0n) is 8.92. The molecule has 0 spiro atoms. The lowest BCUT2D eigenvalue weighted by Crippen LogP contribution is -2.45. The summed E-state index contributed by atoms with van der Waals surface area (Å²) in [7, 11) is 2.10. The summed E-state index contributed by atoms with van der Waals surface area (Å²) in [6.45, 7) is 5.94. The molecular formula is C10H20N2O. The first-order valence-corrected chi connectivity index (χ1v) is 5.20. The largest absolute Gasteiger partial charge is 0.327 e. The Morgan fingerprint density at radius 1 is 1.54 bits per heavy atom. The molecule has 1 amide bonds. The fraction of sp³-hybridized carbons (Fsp3) is 0.900. The first kappa shape index (κ1) is 10.5. The van der Waals surface area contributed by atoms with Crippen LogP contribution in [0.4, 0.5) is 0 Å². The van der Waals surface area contributed by atoms with Gasteiger partial charge in [-0.3, -0.25) is 9.69 Å². The Labute approximate surface area is 80.7 Å². The third-order valence-corrected chi connectivity index (χ3v) is 2.81. The molecule has 1 aliphatic rings. The van der Waals surface area contributed by atoms with Crippen LogP contribution in [0.5, 0.6) is 0 Å². The minimum absolute atomic E-state index is 0.279. The van der Waals surface area contributed by atoms with E-state index in [-0.39, 0.29) is 5.91 Å². The van der Waals surface area contributed by atoms with Gasteiger partial charge in [0.25, 0.3) is 0 Å². The van der Waals surface area contributed by atoms with E-state index >= 15 is 0 Å². The lowest BCUT2D eigenvalue weighted by atomic mass is 10.2. The molecule has 0 aromatic rings. The second-order valence-electron chi connectivity index (χ2n) is 3.64. The molecule has 1 aliphatic heterocycles. The molecule has 0 saturated carbocycles. The number of amides is 1. The predicted molar refractivity (Wildman–Crippen MR) is 53.3 cm³/mol. The van der Waals surface area contributed by atoms with Crippen LogP contribution >= 0.6 is 0 Å². The Bertz CT molecular complexity index is 182. The van der Waals surface area contributed by atoms with Gasteiger partial charge >= 0.3 is 0 Å². The summed E-state index contributed by atoms with van der Waals surface area (Å²) >= 11 is 0. The second-order valence-corrected chi connectivity index (χ2v) is 3.64. The molecular weight excluding hydrogens is 164 g/mol. The minimum atomic E-state index is 0.279. The quantitative estimate of drug-likeness (QED) is 0.660. The lowest BCUT2D eigenvalue weighted by molar-refractivity contribution is -0.135. The summed E-state index contributed by atoms with van der Waals surface area (Å²) in [5.74, 6) is 0.279. The van der Waals surface area contributed by atoms with E-state index in [9.17, 15) is 4.79 Å². The molecule has 13 heavy (non-hydrogen) atoms. The highest BCUT2D eigenvalue weighted by Crippen LogP contribution is 2.19. The molecule has 0 aliphatic carbocycles. The molecule has 3 nitrogen and oxygen atoms in total. The molecule has 3 heteroatoms. The van der Waals surface area contributed by atoms with Crippen molar-refractivity contribution in [2.75, 3.05) is 20.1 Å². The molecule has 76 valence electrons. The molecule has 0 aromatic carbocycles. The summed E-state index contributed by atoms with van der Waals surface area (Å²) in [6, 6.07) is 0. The van der Waals surface area contributed by atoms with Gasteiger partial charge < -0.3 is 4.90 Å². The molecule has 0 N–H and O–H groups in total. The highest BCUT2D eigenvalue weighted by atomic mass is 16.2. The van der Waals surface area contributed by atoms with Crippen LogP contribution in [0.1, 0.15) is 33.1 Å². The van der Waals surface area contributed by atoms with Crippen LogP contribution in [0.3, 0.4) is 0 Å². The Morgan fingerprint density at radius 2 is 2.23 bits per heavy atom. The third-order valence-electron chi connectivity index (χ3n) is 2.81. The van der Waals surface area contributed by atoms with E-state index in [1.165, 1.54) is 6.42 Å². The van der Waals surface area contributed by atoms with Gasteiger partial charge in [-0.25, -0.2) is 0 Å². The molecule has 1 fully saturated rings. The first-order chi connectivity index (χ1) is 6.20. The Kier molecular flexibility index (Phi) is 3.72. The Hall–Kier alpha value is -0.570. The van der Waals surface area contributed by atoms with E-state index in [4.69, 9.17) is 0 Å². The van der Waals surface area contributed by atoms with Crippen LogP contribution < -0.4 is 0 Å². The standard InChI is InChI=1S/C10H20N2O/c1-4-10(13)12(5-2)9-7-6-8-11(9)3/h9H,4-8H2,1-3H3. The van der Waals surface area contributed by atoms with E-state index in [0.717, 1.165) is 19.5 Å². The van der Waals surface area contributed by atoms with Gasteiger partial charge in [-0.1, -0.05) is 6.92 Å². The van der Waals surface area contributed by atoms with Crippen LogP contribution in [0.15, 0.2) is 0 Å². The summed E-state index contributed by atoms with van der Waals surface area (Å²) in [5.41, 5.74) is 0. The summed E-state index contributed by atoms with van der Waals surface area (Å²) in [4.78, 5) is 15.8. The van der Waals surface area contributed by atoms with Crippen molar-refractivity contribution >= 4 is 5.91 Å². The lowest BCUT2D eigenvalue weighted by Gasteiger charge is -2.32. The number of likely N-dealkylation sites (tertiary alicyclic amines) is 1. The van der Waals surface area contributed by atoms with Crippen LogP contribution in [-0.4, -0.2) is 42.0 Å². The van der Waals surface area contributed by atoms with Gasteiger partial charge in [0.1, 0.15) is 0 Å². The van der Waals surface area contributed by atoms with E-state index in [2.05, 4.69) is 18.9 Å². The number of carbonyl (C=O) groups excluding carboxylic acids is 1. The van der Waals surface area contributed by atoms with Crippen LogP contribution in [0, 0.1) is 0 Å². The van der Waals surface area contributed by atoms with Gasteiger partial charge in [0, 0.05) is 13.0 Å². The number of carbonyl (C=O) groups is 1. The highest BCUT2D eigenvalue weighted by Gasteiger charge is 2.28. The SMILES string of the molecule is CCC(=O)N(CC)C1CCCN1C. The Balaban J connectivity index is 2.59. The zero-order chi connectivity index (χ0) is 9.84. The van der Waals surface area contributed by atoms with Crippen LogP contribution in [0.25, 0.3) is 0 Å². The Morgan fingerprint density at radius 3 is 2.62 bits per heavy atom. The van der Waals surface area contributed by atoms with Gasteiger partial charge in [-0.15, -0.1) is 0 Å². The summed E-state index contributed by atoms with van der Waals surface area (Å²) in [6.07, 6.45) is 3.33. The molecule has 1 atom stereocenters. The van der Waals surface area contributed by atoms with Crippen molar-refractivity contribution in [3.8, 4) is 0 Å². The maximum atomic E-state index is 11.6. The van der Waals surface area contributed by atoms with Gasteiger partial charge in [-0.2, -0.15) is 0 Å². The van der Waals surface area contributed by atoms with Crippen molar-refractivity contribution in [1.29, 1.82) is 0 Å². The van der Waals surface area contributed by atoms with Gasteiger partial charge in [0.15, 0.2) is 0 Å². The minimum Gasteiger partial charge on any atom is -0.327 e. The zero-order valence-corrected chi connectivity index (χ0v) is 8.92. The third kappa shape index (κ3) is 2.21. The fourth-order valence-corrected chi connectivity index (χ4v) is 2.04. The van der Waals surface area contributed by atoms with Gasteiger partial charge in [-0.05, 0) is 33.4 Å². The van der Waals surface area contributed by atoms with Crippen molar-refractivity contribution in [3.63, 3.8) is 0 Å². The molecule has 0 radical (unpaired) electrons. The van der Waals surface area contributed by atoms with Gasteiger partial charge in [0.05, 0.1) is 6.17 Å². The monoisotopic (exact) mass is 184 g/mol. The van der Waals surface area contributed by atoms with Crippen molar-refractivity contribution in [2.24, 2.45) is 0 Å². The van der Waals surface area contributed by atoms with E-state index in [1.54, 1.807) is 0 Å². The number of rotatable bonds is 3. The average molecular weight is 184 g/mol. The van der Waals surface area contributed by atoms with Crippen LogP contribution in [-0.2, 0) is 4.79 Å². The fourth-order valence-electron chi connectivity index (χ4n) is 2.04. The average Bonchev–Trinajstić information content (AvgIpc) is 2.53. The van der Waals surface area contributed by atoms with Crippen molar-refractivity contribution in [1.82, 2.24) is 9.80 Å². The molecule has 1 saturated heterocycles. The van der Waals surface area contributed by atoms with Crippen molar-refractivity contribution < 1.29 is 4.79 Å². The van der Waals surface area contributed by atoms with E-state index in [1.807, 2.05) is 11.8 Å². The first-order valence-electron chi connectivity index (χ1n) is 5.20. The maximum Gasteiger partial charge on any atom is 0.223 e. The summed E-state index contributed by atoms with van der Waals surface area (Å²) in [5, 5.41) is 0. The molecule has 1 unspecified atom stereocenters. The highest BCUT2D eigenvalue weighted by molar-refractivity contribution is 5.76. The number of hydrogen-bond acceptors (Lipinski definition) is 2. The normalized spacial score (nSPS) is 23.5. The van der Waals surface area contributed by atoms with Crippen molar-refractivity contribution in [3.05, 3.63) is 0 Å². The molecule has 1 heterocycles. The summed E-state index contributed by atoms with van der Waals surface area (Å²) < 4.78 is 0. The topological polar surface area (TPSA) is 23.6 Å². The number of nitrogens with zero attached hydrogens (tertiary/aromatic N) is 2. The second kappa shape index (κ2) is 4.61. The molecule has 0 aromatic heterocycles. The van der Waals surface area contributed by atoms with Gasteiger partial charge in [0.2, 0.25) is 5.91 Å². The maximum absolute atomic E-state index is 11.6.